The predicted octanol–water partition coefficient (Wildman–Crippen LogP) is 0.258. The third-order valence-corrected chi connectivity index (χ3v) is 2.00. The second-order valence-electron chi connectivity index (χ2n) is 2.95. The number of carbonyl (C=O) groups is 1. The van der Waals surface area contributed by atoms with Gasteiger partial charge in [-0.3, -0.25) is 0 Å². The SMILES string of the molecule is NC(N)=NC(N)=Nc1cccc(Cl)c1C(=O)O. The van der Waals surface area contributed by atoms with E-state index in [0.29, 0.717) is 0 Å². The number of guanidine groups is 2. The van der Waals surface area contributed by atoms with Crippen molar-refractivity contribution in [2.45, 2.75) is 0 Å². The van der Waals surface area contributed by atoms with Crippen LogP contribution in [0.3, 0.4) is 0 Å². The summed E-state index contributed by atoms with van der Waals surface area (Å²) in [6, 6.07) is 4.40. The number of carboxylic acid groups (broad SMARTS) is 1. The summed E-state index contributed by atoms with van der Waals surface area (Å²) in [6.07, 6.45) is 0. The largest absolute Gasteiger partial charge is 0.478 e. The van der Waals surface area contributed by atoms with E-state index in [0.717, 1.165) is 0 Å². The van der Waals surface area contributed by atoms with Crippen molar-refractivity contribution in [3.8, 4) is 0 Å². The van der Waals surface area contributed by atoms with E-state index >= 15 is 0 Å². The summed E-state index contributed by atoms with van der Waals surface area (Å²) < 4.78 is 0. The Hall–Kier alpha value is -2.28. The quantitative estimate of drug-likeness (QED) is 0.443. The number of hydrogen-bond donors (Lipinski definition) is 4. The highest BCUT2D eigenvalue weighted by Gasteiger charge is 2.13. The lowest BCUT2D eigenvalue weighted by Gasteiger charge is -2.03. The third-order valence-electron chi connectivity index (χ3n) is 1.68. The van der Waals surface area contributed by atoms with Gasteiger partial charge >= 0.3 is 5.97 Å². The Morgan fingerprint density at radius 1 is 1.29 bits per heavy atom. The molecule has 7 N–H and O–H groups in total. The first kappa shape index (κ1) is 12.8. The molecule has 1 rings (SSSR count). The van der Waals surface area contributed by atoms with Crippen LogP contribution < -0.4 is 17.2 Å². The van der Waals surface area contributed by atoms with Gasteiger partial charge in [0.05, 0.1) is 10.7 Å². The molecule has 0 aromatic heterocycles. The number of nitrogens with two attached hydrogens (primary N) is 3. The molecule has 0 saturated heterocycles. The second kappa shape index (κ2) is 5.17. The van der Waals surface area contributed by atoms with Gasteiger partial charge in [0, 0.05) is 0 Å². The summed E-state index contributed by atoms with van der Waals surface area (Å²) in [4.78, 5) is 18.2. The summed E-state index contributed by atoms with van der Waals surface area (Å²) in [5, 5.41) is 9.01. The molecule has 7 nitrogen and oxygen atoms in total. The Kier molecular flexibility index (Phi) is 3.89. The molecule has 0 heterocycles. The average molecular weight is 256 g/mol. The van der Waals surface area contributed by atoms with Crippen LogP contribution in [0.2, 0.25) is 5.02 Å². The van der Waals surface area contributed by atoms with Crippen LogP contribution in [0.1, 0.15) is 10.4 Å². The summed E-state index contributed by atoms with van der Waals surface area (Å²) in [7, 11) is 0. The molecular formula is C9H10ClN5O2. The molecule has 17 heavy (non-hydrogen) atoms. The first-order valence-electron chi connectivity index (χ1n) is 4.37. The summed E-state index contributed by atoms with van der Waals surface area (Å²) in [5.74, 6) is -1.74. The molecule has 1 aromatic carbocycles. The van der Waals surface area contributed by atoms with Crippen molar-refractivity contribution in [1.82, 2.24) is 0 Å². The molecule has 0 bridgehead atoms. The number of carboxylic acids is 1. The van der Waals surface area contributed by atoms with Crippen molar-refractivity contribution >= 4 is 35.2 Å². The highest BCUT2D eigenvalue weighted by atomic mass is 35.5. The fraction of sp³-hybridized carbons (Fsp3) is 0. The van der Waals surface area contributed by atoms with E-state index in [4.69, 9.17) is 33.9 Å². The molecule has 1 aromatic rings. The van der Waals surface area contributed by atoms with Crippen molar-refractivity contribution in [2.24, 2.45) is 27.2 Å². The van der Waals surface area contributed by atoms with Gasteiger partial charge in [-0.2, -0.15) is 4.99 Å². The van der Waals surface area contributed by atoms with Crippen molar-refractivity contribution in [2.75, 3.05) is 0 Å². The fourth-order valence-corrected chi connectivity index (χ4v) is 1.35. The zero-order valence-corrected chi connectivity index (χ0v) is 9.35. The van der Waals surface area contributed by atoms with Gasteiger partial charge in [-0.1, -0.05) is 17.7 Å². The molecule has 0 spiro atoms. The zero-order valence-electron chi connectivity index (χ0n) is 8.59. The van der Waals surface area contributed by atoms with Crippen LogP contribution in [0.4, 0.5) is 5.69 Å². The molecule has 0 radical (unpaired) electrons. The minimum Gasteiger partial charge on any atom is -0.478 e. The minimum atomic E-state index is -1.22. The summed E-state index contributed by atoms with van der Waals surface area (Å²) in [5.41, 5.74) is 15.5. The predicted molar refractivity (Wildman–Crippen MR) is 65.5 cm³/mol. The van der Waals surface area contributed by atoms with E-state index in [9.17, 15) is 4.79 Å². The van der Waals surface area contributed by atoms with E-state index in [1.807, 2.05) is 0 Å². The van der Waals surface area contributed by atoms with Crippen molar-refractivity contribution in [1.29, 1.82) is 0 Å². The summed E-state index contributed by atoms with van der Waals surface area (Å²) >= 11 is 5.74. The molecule has 8 heteroatoms. The number of aromatic carboxylic acids is 1. The first-order valence-corrected chi connectivity index (χ1v) is 4.75. The minimum absolute atomic E-state index is 0.0521. The van der Waals surface area contributed by atoms with Gasteiger partial charge < -0.3 is 22.3 Å². The third kappa shape index (κ3) is 3.35. The van der Waals surface area contributed by atoms with Crippen LogP contribution in [0, 0.1) is 0 Å². The van der Waals surface area contributed by atoms with E-state index in [-0.39, 0.29) is 28.2 Å². The maximum absolute atomic E-state index is 11.0. The summed E-state index contributed by atoms with van der Waals surface area (Å²) in [6.45, 7) is 0. The number of aliphatic imine (C=N–C) groups is 2. The number of rotatable bonds is 2. The molecule has 0 saturated carbocycles. The normalized spacial score (nSPS) is 11.0. The van der Waals surface area contributed by atoms with Crippen molar-refractivity contribution in [3.63, 3.8) is 0 Å². The standard InChI is InChI=1S/C9H10ClN5O2/c10-4-2-1-3-5(6(4)7(16)17)14-9(13)15-8(11)12/h1-3H,(H,16,17)(H6,11,12,13,14,15). The molecule has 0 fully saturated rings. The van der Waals surface area contributed by atoms with Gasteiger partial charge in [0.25, 0.3) is 0 Å². The van der Waals surface area contributed by atoms with Crippen LogP contribution in [-0.4, -0.2) is 23.0 Å². The number of halogens is 1. The highest BCUT2D eigenvalue weighted by Crippen LogP contribution is 2.26. The average Bonchev–Trinajstić information content (AvgIpc) is 2.15. The van der Waals surface area contributed by atoms with Gasteiger partial charge in [0.2, 0.25) is 5.96 Å². The van der Waals surface area contributed by atoms with E-state index < -0.39 is 5.97 Å². The highest BCUT2D eigenvalue weighted by molar-refractivity contribution is 6.34. The van der Waals surface area contributed by atoms with Gasteiger partial charge in [-0.25, -0.2) is 9.79 Å². The van der Waals surface area contributed by atoms with Crippen LogP contribution in [-0.2, 0) is 0 Å². The van der Waals surface area contributed by atoms with Gasteiger partial charge in [0.1, 0.15) is 5.56 Å². The lowest BCUT2D eigenvalue weighted by molar-refractivity contribution is 0.0698. The molecule has 90 valence electrons. The lowest BCUT2D eigenvalue weighted by atomic mass is 10.2. The Balaban J connectivity index is 3.28. The van der Waals surface area contributed by atoms with Crippen LogP contribution in [0.5, 0.6) is 0 Å². The Morgan fingerprint density at radius 2 is 1.94 bits per heavy atom. The van der Waals surface area contributed by atoms with E-state index in [2.05, 4.69) is 9.98 Å². The van der Waals surface area contributed by atoms with E-state index in [1.54, 1.807) is 0 Å². The monoisotopic (exact) mass is 255 g/mol. The van der Waals surface area contributed by atoms with Gasteiger partial charge in [-0.15, -0.1) is 0 Å². The molecule has 0 amide bonds. The fourth-order valence-electron chi connectivity index (χ4n) is 1.10. The molecule has 0 atom stereocenters. The smallest absolute Gasteiger partial charge is 0.339 e. The lowest BCUT2D eigenvalue weighted by Crippen LogP contribution is -2.26. The van der Waals surface area contributed by atoms with Gasteiger partial charge in [0.15, 0.2) is 5.96 Å². The van der Waals surface area contributed by atoms with Crippen LogP contribution in [0.15, 0.2) is 28.2 Å². The number of hydrogen-bond acceptors (Lipinski definition) is 2. The van der Waals surface area contributed by atoms with E-state index in [1.165, 1.54) is 18.2 Å². The Morgan fingerprint density at radius 3 is 2.47 bits per heavy atom. The Bertz CT molecular complexity index is 508. The molecular weight excluding hydrogens is 246 g/mol. The van der Waals surface area contributed by atoms with Crippen LogP contribution >= 0.6 is 11.6 Å². The molecule has 0 unspecified atom stereocenters. The second-order valence-corrected chi connectivity index (χ2v) is 3.35. The Labute approximate surface area is 102 Å². The number of benzene rings is 1. The maximum atomic E-state index is 11.0. The van der Waals surface area contributed by atoms with Crippen molar-refractivity contribution < 1.29 is 9.90 Å². The molecule has 0 aliphatic carbocycles. The topological polar surface area (TPSA) is 140 Å². The van der Waals surface area contributed by atoms with Gasteiger partial charge in [-0.05, 0) is 12.1 Å². The molecule has 0 aliphatic rings. The first-order chi connectivity index (χ1) is 7.91. The maximum Gasteiger partial charge on any atom is 0.339 e. The zero-order chi connectivity index (χ0) is 13.0. The van der Waals surface area contributed by atoms with Crippen LogP contribution in [0.25, 0.3) is 0 Å². The number of nitrogens with zero attached hydrogens (tertiary/aromatic N) is 2. The van der Waals surface area contributed by atoms with Crippen molar-refractivity contribution in [3.05, 3.63) is 28.8 Å². The molecule has 0 aliphatic heterocycles.